The molecule has 94 valence electrons. The maximum absolute atomic E-state index is 5.97. The van der Waals surface area contributed by atoms with E-state index in [4.69, 9.17) is 22.2 Å². The summed E-state index contributed by atoms with van der Waals surface area (Å²) >= 11 is 5.97. The number of halogens is 1. The second kappa shape index (κ2) is 6.00. The van der Waals surface area contributed by atoms with Crippen molar-refractivity contribution in [1.29, 1.82) is 0 Å². The number of nitrogen functional groups attached to an aromatic ring is 1. The van der Waals surface area contributed by atoms with E-state index in [1.54, 1.807) is 0 Å². The third-order valence-electron chi connectivity index (χ3n) is 2.74. The molecule has 1 aliphatic rings. The van der Waals surface area contributed by atoms with E-state index in [9.17, 15) is 0 Å². The van der Waals surface area contributed by atoms with Gasteiger partial charge >= 0.3 is 0 Å². The zero-order valence-corrected chi connectivity index (χ0v) is 10.2. The van der Waals surface area contributed by atoms with E-state index in [2.05, 4.69) is 20.7 Å². The standard InChI is InChI=1S/C10H16ClN5O/c11-8-5-14-10(16-12)15-9(8)13-3-1-7-2-4-17-6-7/h5,7H,1-4,6,12H2,(H2,13,14,15,16). The summed E-state index contributed by atoms with van der Waals surface area (Å²) < 4.78 is 5.31. The molecule has 17 heavy (non-hydrogen) atoms. The number of nitrogens with one attached hydrogen (secondary N) is 2. The Bertz CT molecular complexity index is 370. The Hall–Kier alpha value is -1.11. The van der Waals surface area contributed by atoms with Gasteiger partial charge in [-0.2, -0.15) is 4.98 Å². The average Bonchev–Trinajstić information content (AvgIpc) is 2.84. The fraction of sp³-hybridized carbons (Fsp3) is 0.600. The van der Waals surface area contributed by atoms with Crippen molar-refractivity contribution in [1.82, 2.24) is 9.97 Å². The number of anilines is 2. The van der Waals surface area contributed by atoms with Crippen LogP contribution < -0.4 is 16.6 Å². The van der Waals surface area contributed by atoms with Crippen molar-refractivity contribution >= 4 is 23.4 Å². The quantitative estimate of drug-likeness (QED) is 0.544. The van der Waals surface area contributed by atoms with Crippen molar-refractivity contribution in [2.45, 2.75) is 12.8 Å². The highest BCUT2D eigenvalue weighted by Gasteiger charge is 2.15. The predicted octanol–water partition coefficient (Wildman–Crippen LogP) is 1.25. The van der Waals surface area contributed by atoms with E-state index >= 15 is 0 Å². The molecule has 0 radical (unpaired) electrons. The van der Waals surface area contributed by atoms with Gasteiger partial charge < -0.3 is 10.1 Å². The lowest BCUT2D eigenvalue weighted by Gasteiger charge is -2.10. The van der Waals surface area contributed by atoms with Crippen LogP contribution in [0.3, 0.4) is 0 Å². The first-order chi connectivity index (χ1) is 8.29. The van der Waals surface area contributed by atoms with Crippen LogP contribution in [0.15, 0.2) is 6.20 Å². The lowest BCUT2D eigenvalue weighted by atomic mass is 10.1. The minimum absolute atomic E-state index is 0.348. The summed E-state index contributed by atoms with van der Waals surface area (Å²) in [6, 6.07) is 0. The van der Waals surface area contributed by atoms with Crippen molar-refractivity contribution in [3.63, 3.8) is 0 Å². The first kappa shape index (κ1) is 12.3. The largest absolute Gasteiger partial charge is 0.381 e. The summed E-state index contributed by atoms with van der Waals surface area (Å²) in [6.07, 6.45) is 3.70. The zero-order valence-electron chi connectivity index (χ0n) is 9.45. The van der Waals surface area contributed by atoms with Crippen LogP contribution in [0.1, 0.15) is 12.8 Å². The van der Waals surface area contributed by atoms with Crippen molar-refractivity contribution in [2.75, 3.05) is 30.5 Å². The number of nitrogens with two attached hydrogens (primary N) is 1. The van der Waals surface area contributed by atoms with E-state index in [0.717, 1.165) is 32.6 Å². The Morgan fingerprint density at radius 3 is 3.18 bits per heavy atom. The van der Waals surface area contributed by atoms with Gasteiger partial charge in [0.1, 0.15) is 5.02 Å². The van der Waals surface area contributed by atoms with Gasteiger partial charge in [0.2, 0.25) is 5.95 Å². The number of ether oxygens (including phenoxy) is 1. The number of hydrogen-bond acceptors (Lipinski definition) is 6. The number of hydrogen-bond donors (Lipinski definition) is 3. The normalized spacial score (nSPS) is 19.3. The minimum Gasteiger partial charge on any atom is -0.381 e. The molecular weight excluding hydrogens is 242 g/mol. The van der Waals surface area contributed by atoms with Crippen LogP contribution in [-0.2, 0) is 4.74 Å². The van der Waals surface area contributed by atoms with Gasteiger partial charge in [-0.25, -0.2) is 10.8 Å². The lowest BCUT2D eigenvalue weighted by molar-refractivity contribution is 0.185. The van der Waals surface area contributed by atoms with Gasteiger partial charge in [0.05, 0.1) is 6.20 Å². The Morgan fingerprint density at radius 2 is 2.47 bits per heavy atom. The van der Waals surface area contributed by atoms with Gasteiger partial charge in [0, 0.05) is 19.8 Å². The van der Waals surface area contributed by atoms with Crippen LogP contribution in [0.5, 0.6) is 0 Å². The second-order valence-corrected chi connectivity index (χ2v) is 4.39. The maximum atomic E-state index is 5.97. The molecule has 0 aliphatic carbocycles. The molecule has 1 aliphatic heterocycles. The fourth-order valence-corrected chi connectivity index (χ4v) is 1.92. The number of hydrazine groups is 1. The highest BCUT2D eigenvalue weighted by atomic mass is 35.5. The van der Waals surface area contributed by atoms with Gasteiger partial charge in [-0.3, -0.25) is 5.43 Å². The highest BCUT2D eigenvalue weighted by molar-refractivity contribution is 6.32. The molecular formula is C10H16ClN5O. The molecule has 2 heterocycles. The molecule has 1 aromatic heterocycles. The number of aromatic nitrogens is 2. The molecule has 6 nitrogen and oxygen atoms in total. The smallest absolute Gasteiger partial charge is 0.239 e. The summed E-state index contributed by atoms with van der Waals surface area (Å²) in [5, 5.41) is 3.67. The SMILES string of the molecule is NNc1ncc(Cl)c(NCCC2CCOC2)n1. The maximum Gasteiger partial charge on any atom is 0.239 e. The molecule has 1 unspecified atom stereocenters. The van der Waals surface area contributed by atoms with Gasteiger partial charge in [-0.15, -0.1) is 0 Å². The van der Waals surface area contributed by atoms with Gasteiger partial charge in [0.25, 0.3) is 0 Å². The molecule has 1 fully saturated rings. The topological polar surface area (TPSA) is 85.1 Å². The summed E-state index contributed by atoms with van der Waals surface area (Å²) in [7, 11) is 0. The summed E-state index contributed by atoms with van der Waals surface area (Å²) in [5.74, 6) is 6.82. The minimum atomic E-state index is 0.348. The second-order valence-electron chi connectivity index (χ2n) is 3.98. The monoisotopic (exact) mass is 257 g/mol. The Kier molecular flexibility index (Phi) is 4.36. The van der Waals surface area contributed by atoms with E-state index in [1.165, 1.54) is 6.20 Å². The summed E-state index contributed by atoms with van der Waals surface area (Å²) in [5.41, 5.74) is 2.39. The molecule has 1 saturated heterocycles. The van der Waals surface area contributed by atoms with E-state index in [1.807, 2.05) is 0 Å². The molecule has 1 aromatic rings. The van der Waals surface area contributed by atoms with Crippen molar-refractivity contribution < 1.29 is 4.74 Å². The van der Waals surface area contributed by atoms with Crippen LogP contribution in [-0.4, -0.2) is 29.7 Å². The number of nitrogens with zero attached hydrogens (tertiary/aromatic N) is 2. The van der Waals surface area contributed by atoms with Crippen LogP contribution in [0.2, 0.25) is 5.02 Å². The van der Waals surface area contributed by atoms with Gasteiger partial charge in [0.15, 0.2) is 5.82 Å². The van der Waals surface area contributed by atoms with Crippen LogP contribution >= 0.6 is 11.6 Å². The highest BCUT2D eigenvalue weighted by Crippen LogP contribution is 2.20. The van der Waals surface area contributed by atoms with E-state index in [-0.39, 0.29) is 0 Å². The number of rotatable bonds is 5. The third-order valence-corrected chi connectivity index (χ3v) is 3.02. The molecule has 1 atom stereocenters. The molecule has 0 saturated carbocycles. The fourth-order valence-electron chi connectivity index (χ4n) is 1.77. The molecule has 0 bridgehead atoms. The first-order valence-electron chi connectivity index (χ1n) is 5.60. The molecule has 4 N–H and O–H groups in total. The molecule has 2 rings (SSSR count). The zero-order chi connectivity index (χ0) is 12.1. The Morgan fingerprint density at radius 1 is 1.59 bits per heavy atom. The molecule has 7 heteroatoms. The van der Waals surface area contributed by atoms with Crippen molar-refractivity contribution in [2.24, 2.45) is 11.8 Å². The van der Waals surface area contributed by atoms with Gasteiger partial charge in [-0.1, -0.05) is 11.6 Å². The third kappa shape index (κ3) is 3.42. The molecule has 0 spiro atoms. The van der Waals surface area contributed by atoms with Crippen LogP contribution in [0.25, 0.3) is 0 Å². The van der Waals surface area contributed by atoms with Crippen molar-refractivity contribution in [3.8, 4) is 0 Å². The van der Waals surface area contributed by atoms with Crippen molar-refractivity contribution in [3.05, 3.63) is 11.2 Å². The Labute approximate surface area is 105 Å². The van der Waals surface area contributed by atoms with E-state index < -0.39 is 0 Å². The molecule has 0 amide bonds. The summed E-state index contributed by atoms with van der Waals surface area (Å²) in [4.78, 5) is 8.04. The van der Waals surface area contributed by atoms with Crippen LogP contribution in [0, 0.1) is 5.92 Å². The van der Waals surface area contributed by atoms with Crippen LogP contribution in [0.4, 0.5) is 11.8 Å². The summed E-state index contributed by atoms with van der Waals surface area (Å²) in [6.45, 7) is 2.55. The Balaban J connectivity index is 1.84. The first-order valence-corrected chi connectivity index (χ1v) is 5.98. The molecule has 0 aromatic carbocycles. The lowest BCUT2D eigenvalue weighted by Crippen LogP contribution is -2.14. The van der Waals surface area contributed by atoms with E-state index in [0.29, 0.717) is 22.7 Å². The van der Waals surface area contributed by atoms with Gasteiger partial charge in [-0.05, 0) is 18.8 Å². The average molecular weight is 258 g/mol. The predicted molar refractivity (Wildman–Crippen MR) is 66.9 cm³/mol.